The van der Waals surface area contributed by atoms with Gasteiger partial charge >= 0.3 is 5.69 Å². The smallest absolute Gasteiger partial charge is 0.336 e. The quantitative estimate of drug-likeness (QED) is 0.298. The fraction of sp³-hybridized carbons (Fsp3) is 0.0968. The molecule has 1 aromatic heterocycles. The van der Waals surface area contributed by atoms with Crippen LogP contribution in [0.15, 0.2) is 101 Å². The van der Waals surface area contributed by atoms with Gasteiger partial charge in [-0.15, -0.1) is 0 Å². The van der Waals surface area contributed by atoms with E-state index in [1.165, 1.54) is 22.8 Å². The summed E-state index contributed by atoms with van der Waals surface area (Å²) in [7, 11) is 0. The number of nitrogens with one attached hydrogen (secondary N) is 2. The molecule has 0 saturated carbocycles. The van der Waals surface area contributed by atoms with Gasteiger partial charge in [0.1, 0.15) is 6.54 Å². The normalized spacial score (nSPS) is 11.8. The predicted octanol–water partition coefficient (Wildman–Crippen LogP) is 4.10. The van der Waals surface area contributed by atoms with Crippen molar-refractivity contribution in [3.63, 3.8) is 0 Å². The highest BCUT2D eigenvalue weighted by atomic mass is 35.5. The number of anilines is 1. The van der Waals surface area contributed by atoms with Gasteiger partial charge in [0.25, 0.3) is 11.5 Å². The van der Waals surface area contributed by atoms with Gasteiger partial charge in [-0.25, -0.2) is 9.36 Å². The van der Waals surface area contributed by atoms with Crippen molar-refractivity contribution in [2.75, 3.05) is 12.1 Å². The molecule has 2 heterocycles. The number of rotatable bonds is 7. The first-order valence-corrected chi connectivity index (χ1v) is 13.3. The van der Waals surface area contributed by atoms with E-state index in [0.717, 1.165) is 10.1 Å². The molecular weight excluding hydrogens is 560 g/mol. The van der Waals surface area contributed by atoms with E-state index in [9.17, 15) is 19.2 Å². The molecule has 0 atom stereocenters. The minimum absolute atomic E-state index is 0.146. The van der Waals surface area contributed by atoms with Crippen LogP contribution in [0.25, 0.3) is 16.6 Å². The number of hydrogen-bond acceptors (Lipinski definition) is 6. The lowest BCUT2D eigenvalue weighted by Crippen LogP contribution is -2.41. The number of amides is 2. The molecular formula is C31H23ClN4O6. The fourth-order valence-corrected chi connectivity index (χ4v) is 4.90. The minimum Gasteiger partial charge on any atom is -0.454 e. The van der Waals surface area contributed by atoms with Crippen LogP contribution in [-0.4, -0.2) is 27.7 Å². The number of ether oxygens (including phenoxy) is 2. The van der Waals surface area contributed by atoms with E-state index in [1.54, 1.807) is 66.7 Å². The molecule has 210 valence electrons. The summed E-state index contributed by atoms with van der Waals surface area (Å²) in [6, 6.07) is 24.8. The van der Waals surface area contributed by atoms with E-state index in [0.29, 0.717) is 27.9 Å². The van der Waals surface area contributed by atoms with E-state index >= 15 is 0 Å². The maximum absolute atomic E-state index is 13.7. The van der Waals surface area contributed by atoms with Gasteiger partial charge in [0.05, 0.1) is 16.6 Å². The van der Waals surface area contributed by atoms with E-state index in [1.807, 2.05) is 6.07 Å². The van der Waals surface area contributed by atoms with Crippen LogP contribution < -0.4 is 31.4 Å². The Bertz CT molecular complexity index is 1970. The van der Waals surface area contributed by atoms with Crippen molar-refractivity contribution in [1.82, 2.24) is 14.5 Å². The largest absolute Gasteiger partial charge is 0.454 e. The number of benzene rings is 4. The minimum atomic E-state index is -0.724. The second-order valence-corrected chi connectivity index (χ2v) is 9.94. The number of carbonyl (C=O) groups is 2. The Morgan fingerprint density at radius 1 is 0.857 bits per heavy atom. The number of nitrogens with zero attached hydrogens (tertiary/aromatic N) is 2. The van der Waals surface area contributed by atoms with Crippen molar-refractivity contribution in [2.45, 2.75) is 13.1 Å². The first kappa shape index (κ1) is 26.9. The second kappa shape index (κ2) is 11.3. The number of fused-ring (bicyclic) bond motifs is 2. The Labute approximate surface area is 243 Å². The van der Waals surface area contributed by atoms with Gasteiger partial charge in [-0.2, -0.15) is 0 Å². The molecule has 2 N–H and O–H groups in total. The van der Waals surface area contributed by atoms with Gasteiger partial charge in [0.2, 0.25) is 12.7 Å². The second-order valence-electron chi connectivity index (χ2n) is 9.51. The van der Waals surface area contributed by atoms with Gasteiger partial charge in [-0.1, -0.05) is 41.9 Å². The van der Waals surface area contributed by atoms with Crippen LogP contribution in [0.4, 0.5) is 5.69 Å². The van der Waals surface area contributed by atoms with Crippen molar-refractivity contribution in [3.05, 3.63) is 128 Å². The van der Waals surface area contributed by atoms with E-state index < -0.39 is 29.6 Å². The van der Waals surface area contributed by atoms with Crippen LogP contribution in [0.3, 0.4) is 0 Å². The highest BCUT2D eigenvalue weighted by Crippen LogP contribution is 2.32. The SMILES string of the molecule is O=C(Cn1c(=O)n(-c2ccccc2)c(=O)c2ccc(C(=O)NCc3ccc4c(c3)OCO4)cc21)Nc1cccc(Cl)c1. The fourth-order valence-electron chi connectivity index (χ4n) is 4.71. The third-order valence-corrected chi connectivity index (χ3v) is 6.96. The Hall–Kier alpha value is -5.35. The predicted molar refractivity (Wildman–Crippen MR) is 158 cm³/mol. The number of carbonyl (C=O) groups excluding carboxylic acids is 2. The van der Waals surface area contributed by atoms with Gasteiger partial charge < -0.3 is 20.1 Å². The number of aromatic nitrogens is 2. The third kappa shape index (κ3) is 5.35. The molecule has 1 aliphatic heterocycles. The first-order chi connectivity index (χ1) is 20.4. The summed E-state index contributed by atoms with van der Waals surface area (Å²) in [6.07, 6.45) is 0. The first-order valence-electron chi connectivity index (χ1n) is 12.9. The van der Waals surface area contributed by atoms with Crippen molar-refractivity contribution in [2.24, 2.45) is 0 Å². The van der Waals surface area contributed by atoms with Crippen molar-refractivity contribution >= 4 is 40.0 Å². The van der Waals surface area contributed by atoms with Crippen LogP contribution in [0, 0.1) is 0 Å². The zero-order valence-corrected chi connectivity index (χ0v) is 22.8. The molecule has 2 amide bonds. The summed E-state index contributed by atoms with van der Waals surface area (Å²) in [5.41, 5.74) is 0.665. The number of hydrogen-bond donors (Lipinski definition) is 2. The monoisotopic (exact) mass is 582 g/mol. The Morgan fingerprint density at radius 3 is 2.48 bits per heavy atom. The van der Waals surface area contributed by atoms with Crippen LogP contribution in [0.1, 0.15) is 15.9 Å². The molecule has 1 aliphatic rings. The molecule has 42 heavy (non-hydrogen) atoms. The lowest BCUT2D eigenvalue weighted by Gasteiger charge is -2.15. The van der Waals surface area contributed by atoms with E-state index in [4.69, 9.17) is 21.1 Å². The standard InChI is InChI=1S/C31H23ClN4O6/c32-21-5-4-6-22(15-21)34-28(37)17-35-25-14-20(29(38)33-16-19-9-12-26-27(13-19)42-18-41-26)10-11-24(25)30(39)36(31(35)40)23-7-2-1-3-8-23/h1-15H,16-18H2,(H,33,38)(H,34,37). The zero-order valence-electron chi connectivity index (χ0n) is 22.0. The van der Waals surface area contributed by atoms with E-state index in [2.05, 4.69) is 10.6 Å². The van der Waals surface area contributed by atoms with Crippen LogP contribution in [-0.2, 0) is 17.9 Å². The summed E-state index contributed by atoms with van der Waals surface area (Å²) < 4.78 is 12.9. The average Bonchev–Trinajstić information content (AvgIpc) is 3.46. The number of halogens is 1. The Morgan fingerprint density at radius 2 is 1.67 bits per heavy atom. The summed E-state index contributed by atoms with van der Waals surface area (Å²) in [6.45, 7) is -0.0672. The van der Waals surface area contributed by atoms with Gasteiger partial charge in [-0.3, -0.25) is 19.0 Å². The highest BCUT2D eigenvalue weighted by molar-refractivity contribution is 6.30. The lowest BCUT2D eigenvalue weighted by molar-refractivity contribution is -0.116. The van der Waals surface area contributed by atoms with Gasteiger partial charge in [0.15, 0.2) is 11.5 Å². The summed E-state index contributed by atoms with van der Waals surface area (Å²) >= 11 is 6.04. The molecule has 5 aromatic rings. The maximum Gasteiger partial charge on any atom is 0.336 e. The van der Waals surface area contributed by atoms with Gasteiger partial charge in [-0.05, 0) is 66.2 Å². The highest BCUT2D eigenvalue weighted by Gasteiger charge is 2.19. The van der Waals surface area contributed by atoms with Crippen molar-refractivity contribution < 1.29 is 19.1 Å². The molecule has 11 heteroatoms. The topological polar surface area (TPSA) is 121 Å². The molecule has 0 unspecified atom stereocenters. The Kier molecular flexibility index (Phi) is 7.20. The van der Waals surface area contributed by atoms with Gasteiger partial charge in [0, 0.05) is 22.8 Å². The molecule has 0 saturated heterocycles. The molecule has 0 fully saturated rings. The number of para-hydroxylation sites is 1. The summed E-state index contributed by atoms with van der Waals surface area (Å²) in [5, 5.41) is 6.16. The zero-order chi connectivity index (χ0) is 29.2. The van der Waals surface area contributed by atoms with Crippen molar-refractivity contribution in [1.29, 1.82) is 0 Å². The van der Waals surface area contributed by atoms with E-state index in [-0.39, 0.29) is 29.8 Å². The van der Waals surface area contributed by atoms with Crippen LogP contribution in [0.2, 0.25) is 5.02 Å². The van der Waals surface area contributed by atoms with Crippen molar-refractivity contribution in [3.8, 4) is 17.2 Å². The molecule has 6 rings (SSSR count). The molecule has 0 bridgehead atoms. The third-order valence-electron chi connectivity index (χ3n) is 6.72. The summed E-state index contributed by atoms with van der Waals surface area (Å²) in [4.78, 5) is 53.5. The maximum atomic E-state index is 13.7. The lowest BCUT2D eigenvalue weighted by atomic mass is 10.1. The average molecular weight is 583 g/mol. The van der Waals surface area contributed by atoms with Crippen LogP contribution >= 0.6 is 11.6 Å². The molecule has 0 aliphatic carbocycles. The molecule has 10 nitrogen and oxygen atoms in total. The molecule has 0 radical (unpaired) electrons. The van der Waals surface area contributed by atoms with Crippen LogP contribution in [0.5, 0.6) is 11.5 Å². The summed E-state index contributed by atoms with van der Waals surface area (Å²) in [5.74, 6) is 0.293. The molecule has 4 aromatic carbocycles. The molecule has 0 spiro atoms. The Balaban J connectivity index is 1.36.